The summed E-state index contributed by atoms with van der Waals surface area (Å²) in [5.74, 6) is 0.601. The highest BCUT2D eigenvalue weighted by Gasteiger charge is 2.20. The monoisotopic (exact) mass is 502 g/mol. The van der Waals surface area contributed by atoms with Crippen molar-refractivity contribution in [3.63, 3.8) is 0 Å². The third-order valence-electron chi connectivity index (χ3n) is 6.58. The number of fused-ring (bicyclic) bond motifs is 1. The molecular weight excluding hydrogens is 464 g/mol. The van der Waals surface area contributed by atoms with Crippen molar-refractivity contribution >= 4 is 22.9 Å². The molecular formula is C29H38N6O2. The Hall–Kier alpha value is -3.52. The second-order valence-corrected chi connectivity index (χ2v) is 11.0. The number of rotatable bonds is 7. The van der Waals surface area contributed by atoms with Crippen LogP contribution in [-0.2, 0) is 17.9 Å². The number of carbonyl (C=O) groups is 1. The van der Waals surface area contributed by atoms with Crippen molar-refractivity contribution in [1.82, 2.24) is 24.3 Å². The summed E-state index contributed by atoms with van der Waals surface area (Å²) >= 11 is 0. The fourth-order valence-electron chi connectivity index (χ4n) is 4.59. The average Bonchev–Trinajstić information content (AvgIpc) is 2.86. The summed E-state index contributed by atoms with van der Waals surface area (Å²) in [6.07, 6.45) is 5.20. The molecule has 0 saturated carbocycles. The summed E-state index contributed by atoms with van der Waals surface area (Å²) in [6.45, 7) is 15.0. The molecule has 2 aromatic heterocycles. The fraction of sp³-hybridized carbons (Fsp3) is 0.448. The maximum atomic E-state index is 12.6. The number of aromatic nitrogens is 3. The number of amides is 1. The van der Waals surface area contributed by atoms with Crippen LogP contribution in [0.2, 0.25) is 0 Å². The maximum Gasteiger partial charge on any atom is 0.252 e. The molecule has 0 spiro atoms. The molecule has 196 valence electrons. The number of piperazine rings is 1. The van der Waals surface area contributed by atoms with Crippen LogP contribution in [0.4, 0.5) is 5.95 Å². The van der Waals surface area contributed by atoms with Gasteiger partial charge in [-0.1, -0.05) is 51.1 Å². The van der Waals surface area contributed by atoms with Gasteiger partial charge in [-0.3, -0.25) is 19.1 Å². The Bertz CT molecular complexity index is 1310. The van der Waals surface area contributed by atoms with Crippen LogP contribution in [0.5, 0.6) is 0 Å². The van der Waals surface area contributed by atoms with E-state index in [-0.39, 0.29) is 22.9 Å². The van der Waals surface area contributed by atoms with Gasteiger partial charge in [-0.05, 0) is 42.5 Å². The molecule has 1 saturated heterocycles. The SMILES string of the molecule is C/C=C/C(=O)N1CCN(Cc2ccc(C(C)Nc3ncc4ccc(=O)n(CC(C)(C)C)c4n3)cc2)CC1. The third-order valence-corrected chi connectivity index (χ3v) is 6.58. The number of allylic oxidation sites excluding steroid dienone is 1. The van der Waals surface area contributed by atoms with E-state index in [1.165, 1.54) is 5.56 Å². The minimum atomic E-state index is -0.0541. The summed E-state index contributed by atoms with van der Waals surface area (Å²) in [5, 5.41) is 4.24. The normalized spacial score (nSPS) is 15.9. The van der Waals surface area contributed by atoms with Crippen LogP contribution >= 0.6 is 0 Å². The van der Waals surface area contributed by atoms with E-state index in [2.05, 4.69) is 67.2 Å². The molecule has 0 aliphatic carbocycles. The van der Waals surface area contributed by atoms with E-state index in [0.29, 0.717) is 18.1 Å². The summed E-state index contributed by atoms with van der Waals surface area (Å²) in [7, 11) is 0. The van der Waals surface area contributed by atoms with Crippen molar-refractivity contribution in [3.05, 3.63) is 76.2 Å². The first-order chi connectivity index (χ1) is 17.6. The number of benzene rings is 1. The lowest BCUT2D eigenvalue weighted by atomic mass is 9.97. The largest absolute Gasteiger partial charge is 0.348 e. The number of hydrogen-bond acceptors (Lipinski definition) is 6. The second-order valence-electron chi connectivity index (χ2n) is 11.0. The molecule has 8 nitrogen and oxygen atoms in total. The molecule has 1 fully saturated rings. The molecule has 3 heterocycles. The molecule has 4 rings (SSSR count). The van der Waals surface area contributed by atoms with Crippen LogP contribution in [0.25, 0.3) is 11.0 Å². The number of anilines is 1. The molecule has 1 unspecified atom stereocenters. The Kier molecular flexibility index (Phi) is 8.07. The summed E-state index contributed by atoms with van der Waals surface area (Å²) in [4.78, 5) is 38.1. The van der Waals surface area contributed by atoms with Crippen molar-refractivity contribution in [3.8, 4) is 0 Å². The molecule has 37 heavy (non-hydrogen) atoms. The van der Waals surface area contributed by atoms with Gasteiger partial charge in [0, 0.05) is 56.9 Å². The molecule has 1 aliphatic rings. The van der Waals surface area contributed by atoms with E-state index in [1.807, 2.05) is 11.8 Å². The van der Waals surface area contributed by atoms with Gasteiger partial charge in [0.25, 0.3) is 5.56 Å². The molecule has 8 heteroatoms. The summed E-state index contributed by atoms with van der Waals surface area (Å²) < 4.78 is 1.73. The Balaban J connectivity index is 1.40. The van der Waals surface area contributed by atoms with Crippen LogP contribution in [-0.4, -0.2) is 56.4 Å². The fourth-order valence-corrected chi connectivity index (χ4v) is 4.59. The highest BCUT2D eigenvalue weighted by molar-refractivity contribution is 5.87. The zero-order valence-electron chi connectivity index (χ0n) is 22.6. The van der Waals surface area contributed by atoms with Crippen molar-refractivity contribution in [2.75, 3.05) is 31.5 Å². The van der Waals surface area contributed by atoms with Crippen LogP contribution < -0.4 is 10.9 Å². The van der Waals surface area contributed by atoms with Crippen molar-refractivity contribution in [2.45, 2.75) is 53.8 Å². The minimum Gasteiger partial charge on any atom is -0.348 e. The number of pyridine rings is 1. The van der Waals surface area contributed by atoms with Gasteiger partial charge < -0.3 is 10.2 Å². The van der Waals surface area contributed by atoms with Crippen LogP contribution in [0.1, 0.15) is 51.8 Å². The lowest BCUT2D eigenvalue weighted by Crippen LogP contribution is -2.47. The zero-order chi connectivity index (χ0) is 26.6. The first-order valence-electron chi connectivity index (χ1n) is 13.0. The standard InChI is InChI=1S/C29H38N6O2/c1-6-7-25(36)34-16-14-33(15-17-34)19-22-8-10-23(11-9-22)21(2)31-28-30-18-24-12-13-26(37)35(27(24)32-28)20-29(3,4)5/h6-13,18,21H,14-17,19-20H2,1-5H3,(H,30,31,32)/b7-6+. The number of hydrogen-bond donors (Lipinski definition) is 1. The molecule has 1 N–H and O–H groups in total. The van der Waals surface area contributed by atoms with E-state index in [0.717, 1.165) is 43.7 Å². The molecule has 3 aromatic rings. The van der Waals surface area contributed by atoms with Crippen LogP contribution in [0.3, 0.4) is 0 Å². The predicted molar refractivity (Wildman–Crippen MR) is 148 cm³/mol. The van der Waals surface area contributed by atoms with E-state index in [4.69, 9.17) is 4.98 Å². The first kappa shape index (κ1) is 26.5. The van der Waals surface area contributed by atoms with Gasteiger partial charge in [0.05, 0.1) is 6.04 Å². The smallest absolute Gasteiger partial charge is 0.252 e. The highest BCUT2D eigenvalue weighted by atomic mass is 16.2. The zero-order valence-corrected chi connectivity index (χ0v) is 22.6. The van der Waals surface area contributed by atoms with Gasteiger partial charge in [-0.15, -0.1) is 0 Å². The van der Waals surface area contributed by atoms with Gasteiger partial charge in [0.15, 0.2) is 0 Å². The topological polar surface area (TPSA) is 83.4 Å². The molecule has 1 atom stereocenters. The highest BCUT2D eigenvalue weighted by Crippen LogP contribution is 2.22. The molecule has 1 amide bonds. The van der Waals surface area contributed by atoms with Gasteiger partial charge in [0.1, 0.15) is 5.65 Å². The minimum absolute atomic E-state index is 0.000761. The van der Waals surface area contributed by atoms with Crippen molar-refractivity contribution < 1.29 is 4.79 Å². The van der Waals surface area contributed by atoms with E-state index >= 15 is 0 Å². The number of nitrogens with zero attached hydrogens (tertiary/aromatic N) is 5. The lowest BCUT2D eigenvalue weighted by molar-refractivity contribution is -0.127. The Morgan fingerprint density at radius 1 is 1.08 bits per heavy atom. The van der Waals surface area contributed by atoms with E-state index in [9.17, 15) is 9.59 Å². The quantitative estimate of drug-likeness (QED) is 0.487. The number of nitrogens with one attached hydrogen (secondary N) is 1. The predicted octanol–water partition coefficient (Wildman–Crippen LogP) is 4.23. The van der Waals surface area contributed by atoms with Gasteiger partial charge in [-0.25, -0.2) is 4.98 Å². The second kappa shape index (κ2) is 11.3. The van der Waals surface area contributed by atoms with Gasteiger partial charge in [-0.2, -0.15) is 4.98 Å². The first-order valence-corrected chi connectivity index (χ1v) is 13.0. The number of carbonyl (C=O) groups excluding carboxylic acids is 1. The van der Waals surface area contributed by atoms with E-state index in [1.54, 1.807) is 35.0 Å². The summed E-state index contributed by atoms with van der Waals surface area (Å²) in [5.41, 5.74) is 2.92. The molecule has 0 bridgehead atoms. The maximum absolute atomic E-state index is 12.6. The molecule has 0 radical (unpaired) electrons. The third kappa shape index (κ3) is 6.83. The van der Waals surface area contributed by atoms with Crippen LogP contribution in [0, 0.1) is 5.41 Å². The molecule has 1 aromatic carbocycles. The summed E-state index contributed by atoms with van der Waals surface area (Å²) in [6, 6.07) is 11.9. The Labute approximate surface area is 219 Å². The average molecular weight is 503 g/mol. The Morgan fingerprint density at radius 2 is 1.78 bits per heavy atom. The van der Waals surface area contributed by atoms with Gasteiger partial charge in [0.2, 0.25) is 11.9 Å². The Morgan fingerprint density at radius 3 is 2.43 bits per heavy atom. The van der Waals surface area contributed by atoms with Gasteiger partial charge >= 0.3 is 0 Å². The lowest BCUT2D eigenvalue weighted by Gasteiger charge is -2.34. The van der Waals surface area contributed by atoms with Crippen molar-refractivity contribution in [2.24, 2.45) is 5.41 Å². The van der Waals surface area contributed by atoms with E-state index < -0.39 is 0 Å². The van der Waals surface area contributed by atoms with Crippen molar-refractivity contribution in [1.29, 1.82) is 0 Å². The molecule has 1 aliphatic heterocycles. The van der Waals surface area contributed by atoms with Crippen LogP contribution in [0.15, 0.2) is 59.5 Å².